The topological polar surface area (TPSA) is 0 Å². The molecular weight excluding hydrogens is 257 g/mol. The van der Waals surface area contributed by atoms with Crippen LogP contribution >= 0.6 is 0 Å². The normalized spacial score (nSPS) is 12.9. The molecule has 0 aromatic carbocycles. The third kappa shape index (κ3) is 10.6. The molecule has 2 atom stereocenters. The quantitative estimate of drug-likeness (QED) is 0.646. The average Bonchev–Trinajstić information content (AvgIpc) is 2.09. The summed E-state index contributed by atoms with van der Waals surface area (Å²) in [6, 6.07) is 0. The predicted molar refractivity (Wildman–Crippen MR) is 65.8 cm³/mol. The van der Waals surface area contributed by atoms with Crippen molar-refractivity contribution in [2.75, 3.05) is 0 Å². The van der Waals surface area contributed by atoms with Crippen LogP contribution in [0.1, 0.15) is 41.5 Å². The van der Waals surface area contributed by atoms with Gasteiger partial charge in [0.15, 0.2) is 0 Å². The Kier molecular flexibility index (Phi) is 11.3. The van der Waals surface area contributed by atoms with E-state index in [1.54, 1.807) is 0 Å². The van der Waals surface area contributed by atoms with Gasteiger partial charge in [0.25, 0.3) is 0 Å². The van der Waals surface area contributed by atoms with Gasteiger partial charge in [-0.15, -0.1) is 39.5 Å². The molecule has 0 aromatic heterocycles. The molecule has 0 saturated carbocycles. The van der Waals surface area contributed by atoms with Gasteiger partial charge in [0, 0.05) is 32.7 Å². The van der Waals surface area contributed by atoms with Gasteiger partial charge >= 0.3 is 0 Å². The van der Waals surface area contributed by atoms with E-state index < -0.39 is 0 Å². The van der Waals surface area contributed by atoms with Crippen molar-refractivity contribution in [3.05, 3.63) is 36.1 Å². The zero-order valence-electron chi connectivity index (χ0n) is 11.0. The largest absolute Gasteiger partial charge is 0.229 e. The second-order valence-electron chi connectivity index (χ2n) is 4.59. The van der Waals surface area contributed by atoms with Crippen molar-refractivity contribution in [1.82, 2.24) is 0 Å². The minimum Gasteiger partial charge on any atom is -0.229 e. The molecule has 15 heavy (non-hydrogen) atoms. The monoisotopic (exact) mass is 281 g/mol. The van der Waals surface area contributed by atoms with Crippen LogP contribution in [-0.4, -0.2) is 0 Å². The van der Waals surface area contributed by atoms with Crippen molar-refractivity contribution >= 4 is 0 Å². The van der Waals surface area contributed by atoms with E-state index in [0.717, 1.165) is 0 Å². The average molecular weight is 281 g/mol. The van der Waals surface area contributed by atoms with E-state index in [4.69, 9.17) is 0 Å². The molecule has 0 heterocycles. The number of rotatable bonds is 5. The minimum absolute atomic E-state index is 0. The van der Waals surface area contributed by atoms with Crippen molar-refractivity contribution in [2.24, 2.45) is 11.8 Å². The van der Waals surface area contributed by atoms with Crippen LogP contribution < -0.4 is 0 Å². The Morgan fingerprint density at radius 1 is 0.800 bits per heavy atom. The van der Waals surface area contributed by atoms with Crippen LogP contribution in [0.5, 0.6) is 0 Å². The third-order valence-corrected chi connectivity index (χ3v) is 2.30. The Morgan fingerprint density at radius 3 is 1.27 bits per heavy atom. The Morgan fingerprint density at radius 2 is 1.07 bits per heavy atom. The van der Waals surface area contributed by atoms with E-state index in [1.807, 2.05) is 0 Å². The van der Waals surface area contributed by atoms with Crippen molar-refractivity contribution in [1.29, 1.82) is 0 Å². The van der Waals surface area contributed by atoms with Crippen molar-refractivity contribution in [3.8, 4) is 0 Å². The Bertz CT molecular complexity index is 181. The smallest absolute Gasteiger partial charge is 0 e. The van der Waals surface area contributed by atoms with Gasteiger partial charge in [-0.1, -0.05) is 13.8 Å². The molecule has 1 heteroatoms. The van der Waals surface area contributed by atoms with E-state index in [0.29, 0.717) is 11.8 Å². The molecule has 0 bridgehead atoms. The summed E-state index contributed by atoms with van der Waals surface area (Å²) in [7, 11) is 0. The van der Waals surface area contributed by atoms with Crippen LogP contribution in [0.4, 0.5) is 0 Å². The van der Waals surface area contributed by atoms with Gasteiger partial charge < -0.3 is 0 Å². The van der Waals surface area contributed by atoms with Crippen LogP contribution in [-0.2, 0) is 32.7 Å². The van der Waals surface area contributed by atoms with Crippen LogP contribution in [0.2, 0.25) is 0 Å². The summed E-state index contributed by atoms with van der Waals surface area (Å²) < 4.78 is 0. The van der Waals surface area contributed by atoms with Gasteiger partial charge in [0.2, 0.25) is 0 Å². The van der Waals surface area contributed by atoms with Crippen LogP contribution in [0.3, 0.4) is 0 Å². The molecule has 2 unspecified atom stereocenters. The standard InChI is InChI=1S/C14H24.Y/c1-11(2)7-9-13(5)14(6)10-8-12(3)4;/h7-10,13-14H,1-6H3;/q-2;. The molecule has 0 rings (SSSR count). The third-order valence-electron chi connectivity index (χ3n) is 2.30. The summed E-state index contributed by atoms with van der Waals surface area (Å²) in [5.74, 6) is 1.22. The predicted octanol–water partition coefficient (Wildman–Crippen LogP) is 4.60. The van der Waals surface area contributed by atoms with Crippen molar-refractivity contribution < 1.29 is 32.7 Å². The first kappa shape index (κ1) is 17.7. The molecule has 0 aromatic rings. The van der Waals surface area contributed by atoms with Gasteiger partial charge in [-0.2, -0.15) is 0 Å². The van der Waals surface area contributed by atoms with E-state index in [1.165, 1.54) is 11.1 Å². The van der Waals surface area contributed by atoms with E-state index in [9.17, 15) is 0 Å². The molecular formula is C14H24Y-2. The number of allylic oxidation sites excluding steroid dienone is 4. The summed E-state index contributed by atoms with van der Waals surface area (Å²) >= 11 is 0. The van der Waals surface area contributed by atoms with Crippen LogP contribution in [0.25, 0.3) is 0 Å². The molecule has 0 amide bonds. The molecule has 0 aliphatic heterocycles. The van der Waals surface area contributed by atoms with Crippen molar-refractivity contribution in [2.45, 2.75) is 41.5 Å². The van der Waals surface area contributed by atoms with Gasteiger partial charge in [-0.25, -0.2) is 36.1 Å². The van der Waals surface area contributed by atoms with Gasteiger partial charge in [0.05, 0.1) is 0 Å². The zero-order chi connectivity index (χ0) is 11.1. The second-order valence-corrected chi connectivity index (χ2v) is 4.59. The fourth-order valence-electron chi connectivity index (χ4n) is 1.04. The summed E-state index contributed by atoms with van der Waals surface area (Å²) in [6.07, 6.45) is 8.99. The van der Waals surface area contributed by atoms with Gasteiger partial charge in [0.1, 0.15) is 0 Å². The first-order chi connectivity index (χ1) is 6.43. The summed E-state index contributed by atoms with van der Waals surface area (Å²) in [5.41, 5.74) is 2.73. The van der Waals surface area contributed by atoms with Crippen molar-refractivity contribution in [3.63, 3.8) is 0 Å². The zero-order valence-corrected chi connectivity index (χ0v) is 13.9. The molecule has 0 fully saturated rings. The first-order valence-electron chi connectivity index (χ1n) is 5.40. The molecule has 0 nitrogen and oxygen atoms in total. The second kappa shape index (κ2) is 9.54. The minimum atomic E-state index is 0. The number of hydrogen-bond donors (Lipinski definition) is 0. The maximum Gasteiger partial charge on any atom is 0 e. The van der Waals surface area contributed by atoms with Crippen LogP contribution in [0, 0.1) is 24.7 Å². The fourth-order valence-corrected chi connectivity index (χ4v) is 1.04. The van der Waals surface area contributed by atoms with Crippen LogP contribution in [0.15, 0.2) is 23.3 Å². The summed E-state index contributed by atoms with van der Waals surface area (Å²) in [5, 5.41) is 0. The van der Waals surface area contributed by atoms with E-state index >= 15 is 0 Å². The molecule has 1 radical (unpaired) electrons. The molecule has 0 aliphatic carbocycles. The molecule has 0 N–H and O–H groups in total. The fraction of sp³-hybridized carbons (Fsp3) is 0.571. The van der Waals surface area contributed by atoms with Gasteiger partial charge in [-0.05, 0) is 0 Å². The molecule has 0 spiro atoms. The number of hydrogen-bond acceptors (Lipinski definition) is 0. The Labute approximate surface area is 121 Å². The molecule has 85 valence electrons. The van der Waals surface area contributed by atoms with E-state index in [-0.39, 0.29) is 32.7 Å². The summed E-state index contributed by atoms with van der Waals surface area (Å²) in [6.45, 7) is 13.1. The molecule has 0 saturated heterocycles. The van der Waals surface area contributed by atoms with Gasteiger partial charge in [-0.3, -0.25) is 0 Å². The van der Waals surface area contributed by atoms with E-state index in [2.05, 4.69) is 66.5 Å². The SMILES string of the molecule is CC(C)=C[CH-]C(C)C(C)[CH-]C=C(C)C.[Y]. The maximum absolute atomic E-state index is 2.29. The Balaban J connectivity index is 0. The summed E-state index contributed by atoms with van der Waals surface area (Å²) in [4.78, 5) is 0. The maximum atomic E-state index is 2.29. The molecule has 0 aliphatic rings. The Hall–Kier alpha value is 0.324. The first-order valence-corrected chi connectivity index (χ1v) is 5.40.